The summed E-state index contributed by atoms with van der Waals surface area (Å²) in [4.78, 5) is 4.51. The van der Waals surface area contributed by atoms with Crippen LogP contribution in [0.2, 0.25) is 0 Å². The van der Waals surface area contributed by atoms with Gasteiger partial charge in [-0.05, 0) is 12.1 Å². The summed E-state index contributed by atoms with van der Waals surface area (Å²) in [6.07, 6.45) is 9.23. The molecule has 0 fully saturated rings. The van der Waals surface area contributed by atoms with Crippen LogP contribution in [0.25, 0.3) is 5.65 Å². The lowest BCUT2D eigenvalue weighted by Crippen LogP contribution is -2.16. The van der Waals surface area contributed by atoms with E-state index in [0.29, 0.717) is 0 Å². The monoisotopic (exact) mass is 245 g/mol. The van der Waals surface area contributed by atoms with Gasteiger partial charge in [0, 0.05) is 31.2 Å². The van der Waals surface area contributed by atoms with Gasteiger partial charge >= 0.3 is 0 Å². The van der Waals surface area contributed by atoms with Gasteiger partial charge in [-0.2, -0.15) is 0 Å². The minimum Gasteiger partial charge on any atom is -0.310 e. The first kappa shape index (κ1) is 12.0. The summed E-state index contributed by atoms with van der Waals surface area (Å²) in [5, 5.41) is 3.36. The van der Waals surface area contributed by atoms with E-state index in [1.807, 2.05) is 28.8 Å². The van der Waals surface area contributed by atoms with Gasteiger partial charge in [0.15, 0.2) is 0 Å². The van der Waals surface area contributed by atoms with Crippen molar-refractivity contribution in [2.45, 2.75) is 6.54 Å². The number of fused-ring (bicyclic) bond motifs is 1. The third-order valence-corrected chi connectivity index (χ3v) is 3.19. The van der Waals surface area contributed by atoms with Crippen LogP contribution in [0.15, 0.2) is 30.6 Å². The Morgan fingerprint density at radius 2 is 2.41 bits per heavy atom. The van der Waals surface area contributed by atoms with Crippen molar-refractivity contribution in [2.24, 2.45) is 0 Å². The van der Waals surface area contributed by atoms with E-state index in [4.69, 9.17) is 6.42 Å². The molecule has 0 radical (unpaired) electrons. The van der Waals surface area contributed by atoms with Crippen LogP contribution in [-0.4, -0.2) is 27.4 Å². The predicted molar refractivity (Wildman–Crippen MR) is 73.1 cm³/mol. The smallest absolute Gasteiger partial charge is 0.137 e. The highest BCUT2D eigenvalue weighted by molar-refractivity contribution is 7.99. The number of terminal acetylenes is 1. The van der Waals surface area contributed by atoms with Gasteiger partial charge in [-0.1, -0.05) is 12.0 Å². The zero-order valence-corrected chi connectivity index (χ0v) is 10.4. The molecule has 0 aliphatic heterocycles. The summed E-state index contributed by atoms with van der Waals surface area (Å²) in [5.41, 5.74) is 2.06. The molecule has 2 heterocycles. The Hall–Kier alpha value is -1.44. The molecule has 0 aromatic carbocycles. The third-order valence-electron chi connectivity index (χ3n) is 2.33. The van der Waals surface area contributed by atoms with Crippen molar-refractivity contribution in [3.63, 3.8) is 0 Å². The first-order valence-corrected chi connectivity index (χ1v) is 6.70. The molecule has 1 N–H and O–H groups in total. The molecule has 2 rings (SSSR count). The van der Waals surface area contributed by atoms with Crippen molar-refractivity contribution in [1.29, 1.82) is 0 Å². The summed E-state index contributed by atoms with van der Waals surface area (Å²) >= 11 is 1.77. The Morgan fingerprint density at radius 1 is 1.47 bits per heavy atom. The van der Waals surface area contributed by atoms with Gasteiger partial charge in [0.05, 0.1) is 11.4 Å². The molecule has 88 valence electrons. The molecule has 0 amide bonds. The molecule has 0 atom stereocenters. The topological polar surface area (TPSA) is 29.3 Å². The number of nitrogens with zero attached hydrogens (tertiary/aromatic N) is 2. The van der Waals surface area contributed by atoms with Crippen molar-refractivity contribution in [1.82, 2.24) is 14.7 Å². The maximum Gasteiger partial charge on any atom is 0.137 e. The number of thioether (sulfide) groups is 1. The molecule has 0 saturated carbocycles. The highest BCUT2D eigenvalue weighted by atomic mass is 32.2. The van der Waals surface area contributed by atoms with Crippen molar-refractivity contribution < 1.29 is 0 Å². The number of nitrogens with one attached hydrogen (secondary N) is 1. The van der Waals surface area contributed by atoms with E-state index < -0.39 is 0 Å². The number of pyridine rings is 1. The fourth-order valence-corrected chi connectivity index (χ4v) is 2.12. The molecular formula is C13H15N3S. The molecule has 17 heavy (non-hydrogen) atoms. The molecular weight excluding hydrogens is 230 g/mol. The number of aromatic nitrogens is 2. The van der Waals surface area contributed by atoms with Crippen LogP contribution in [-0.2, 0) is 6.54 Å². The highest BCUT2D eigenvalue weighted by Gasteiger charge is 1.99. The lowest BCUT2D eigenvalue weighted by atomic mass is 10.5. The Labute approximate surface area is 106 Å². The van der Waals surface area contributed by atoms with Gasteiger partial charge in [-0.3, -0.25) is 0 Å². The second-order valence-electron chi connectivity index (χ2n) is 3.63. The molecule has 0 unspecified atom stereocenters. The maximum atomic E-state index is 5.17. The molecule has 4 heteroatoms. The summed E-state index contributed by atoms with van der Waals surface area (Å²) < 4.78 is 2.03. The van der Waals surface area contributed by atoms with Crippen molar-refractivity contribution in [3.8, 4) is 12.3 Å². The van der Waals surface area contributed by atoms with Crippen molar-refractivity contribution in [2.75, 3.05) is 18.1 Å². The van der Waals surface area contributed by atoms with Gasteiger partial charge in [0.2, 0.25) is 0 Å². The number of imidazole rings is 1. The van der Waals surface area contributed by atoms with E-state index in [2.05, 4.69) is 22.4 Å². The van der Waals surface area contributed by atoms with Crippen LogP contribution < -0.4 is 5.32 Å². The molecule has 0 aliphatic carbocycles. The largest absolute Gasteiger partial charge is 0.310 e. The average molecular weight is 245 g/mol. The van der Waals surface area contributed by atoms with Crippen LogP contribution in [0.4, 0.5) is 0 Å². The second kappa shape index (κ2) is 6.33. The maximum absolute atomic E-state index is 5.17. The lowest BCUT2D eigenvalue weighted by molar-refractivity contribution is 0.719. The molecule has 0 aliphatic rings. The normalized spacial score (nSPS) is 10.5. The van der Waals surface area contributed by atoms with E-state index >= 15 is 0 Å². The summed E-state index contributed by atoms with van der Waals surface area (Å²) in [7, 11) is 0. The quantitative estimate of drug-likeness (QED) is 0.621. The van der Waals surface area contributed by atoms with Crippen molar-refractivity contribution >= 4 is 17.4 Å². The zero-order chi connectivity index (χ0) is 11.9. The van der Waals surface area contributed by atoms with E-state index in [-0.39, 0.29) is 0 Å². The van der Waals surface area contributed by atoms with Crippen LogP contribution in [0.3, 0.4) is 0 Å². The summed E-state index contributed by atoms with van der Waals surface area (Å²) in [5.74, 6) is 4.44. The summed E-state index contributed by atoms with van der Waals surface area (Å²) in [6.45, 7) is 1.76. The molecule has 2 aromatic heterocycles. The fraction of sp³-hybridized carbons (Fsp3) is 0.308. The first-order valence-electron chi connectivity index (χ1n) is 5.54. The van der Waals surface area contributed by atoms with Gasteiger partial charge in [-0.25, -0.2) is 4.98 Å². The summed E-state index contributed by atoms with van der Waals surface area (Å²) in [6, 6.07) is 6.00. The highest BCUT2D eigenvalue weighted by Crippen LogP contribution is 2.04. The minimum atomic E-state index is 0.788. The van der Waals surface area contributed by atoms with Gasteiger partial charge in [0.25, 0.3) is 0 Å². The van der Waals surface area contributed by atoms with Crippen LogP contribution >= 0.6 is 11.8 Å². The first-order chi connectivity index (χ1) is 8.40. The standard InChI is InChI=1S/C13H15N3S/c1-2-8-17-9-6-14-10-12-11-16-7-4-3-5-13(16)15-12/h1,3-5,7,11,14H,6,8-10H2. The fourth-order valence-electron chi connectivity index (χ4n) is 1.56. The minimum absolute atomic E-state index is 0.788. The van der Waals surface area contributed by atoms with Gasteiger partial charge < -0.3 is 9.72 Å². The Bertz CT molecular complexity index is 480. The van der Waals surface area contributed by atoms with E-state index in [9.17, 15) is 0 Å². The molecule has 2 aromatic rings. The Kier molecular flexibility index (Phi) is 4.48. The molecule has 0 spiro atoms. The Morgan fingerprint density at radius 3 is 3.24 bits per heavy atom. The third kappa shape index (κ3) is 3.52. The molecule has 3 nitrogen and oxygen atoms in total. The van der Waals surface area contributed by atoms with E-state index in [0.717, 1.165) is 35.9 Å². The SMILES string of the molecule is C#CCSCCNCc1cn2ccccc2n1. The van der Waals surface area contributed by atoms with Gasteiger partial charge in [-0.15, -0.1) is 18.2 Å². The van der Waals surface area contributed by atoms with Crippen LogP contribution in [0, 0.1) is 12.3 Å². The van der Waals surface area contributed by atoms with Crippen LogP contribution in [0.1, 0.15) is 5.69 Å². The predicted octanol–water partition coefficient (Wildman–Crippen LogP) is 1.79. The van der Waals surface area contributed by atoms with E-state index in [1.165, 1.54) is 0 Å². The number of rotatable bonds is 6. The van der Waals surface area contributed by atoms with E-state index in [1.54, 1.807) is 11.8 Å². The lowest BCUT2D eigenvalue weighted by Gasteiger charge is -2.00. The average Bonchev–Trinajstić information content (AvgIpc) is 2.76. The molecule has 0 bridgehead atoms. The number of hydrogen-bond acceptors (Lipinski definition) is 3. The van der Waals surface area contributed by atoms with Gasteiger partial charge in [0.1, 0.15) is 5.65 Å². The van der Waals surface area contributed by atoms with Crippen LogP contribution in [0.5, 0.6) is 0 Å². The van der Waals surface area contributed by atoms with Crippen molar-refractivity contribution in [3.05, 3.63) is 36.3 Å². The molecule has 0 saturated heterocycles. The Balaban J connectivity index is 1.77. The zero-order valence-electron chi connectivity index (χ0n) is 9.60. The number of hydrogen-bond donors (Lipinski definition) is 1. The second-order valence-corrected chi connectivity index (χ2v) is 4.74.